The highest BCUT2D eigenvalue weighted by Crippen LogP contribution is 2.26. The van der Waals surface area contributed by atoms with Gasteiger partial charge in [-0.3, -0.25) is 5.41 Å². The Balaban J connectivity index is 2.31. The number of benzene rings is 1. The van der Waals surface area contributed by atoms with Crippen molar-refractivity contribution in [2.45, 2.75) is 9.92 Å². The van der Waals surface area contributed by atoms with Crippen LogP contribution in [0.5, 0.6) is 0 Å². The summed E-state index contributed by atoms with van der Waals surface area (Å²) in [5, 5.41) is 8.06. The molecule has 0 saturated heterocycles. The molecule has 0 aliphatic heterocycles. The van der Waals surface area contributed by atoms with Crippen LogP contribution in [0.1, 0.15) is 5.69 Å². The molecule has 4 nitrogen and oxygen atoms in total. The Bertz CT molecular complexity index is 498. The molecular formula is C11H10N4S. The van der Waals surface area contributed by atoms with Crippen LogP contribution in [0.15, 0.2) is 52.6 Å². The summed E-state index contributed by atoms with van der Waals surface area (Å²) in [6.45, 7) is 0. The Morgan fingerprint density at radius 2 is 1.81 bits per heavy atom. The molecule has 1 heterocycles. The maximum Gasteiger partial charge on any atom is 0.144 e. The third kappa shape index (κ3) is 2.38. The summed E-state index contributed by atoms with van der Waals surface area (Å²) in [5.74, 6) is -0.0634. The quantitative estimate of drug-likeness (QED) is 0.624. The molecule has 0 aliphatic rings. The molecule has 1 aromatic heterocycles. The standard InChI is InChI=1S/C11H10N4S/c12-10(13)9-11(15-7-6-14-9)16-8-4-2-1-3-5-8/h1-7H,(H3,12,13). The van der Waals surface area contributed by atoms with E-state index in [-0.39, 0.29) is 5.84 Å². The largest absolute Gasteiger partial charge is 0.382 e. The van der Waals surface area contributed by atoms with Crippen molar-refractivity contribution < 1.29 is 0 Å². The SMILES string of the molecule is N=C(N)c1nccnc1Sc1ccccc1. The van der Waals surface area contributed by atoms with Crippen molar-refractivity contribution in [1.82, 2.24) is 9.97 Å². The Morgan fingerprint density at radius 3 is 2.50 bits per heavy atom. The van der Waals surface area contributed by atoms with Gasteiger partial charge in [0.05, 0.1) is 0 Å². The molecule has 0 aliphatic carbocycles. The third-order valence-electron chi connectivity index (χ3n) is 1.88. The van der Waals surface area contributed by atoms with E-state index >= 15 is 0 Å². The first-order chi connectivity index (χ1) is 7.77. The van der Waals surface area contributed by atoms with E-state index in [4.69, 9.17) is 11.1 Å². The summed E-state index contributed by atoms with van der Waals surface area (Å²) in [7, 11) is 0. The van der Waals surface area contributed by atoms with E-state index in [9.17, 15) is 0 Å². The van der Waals surface area contributed by atoms with Gasteiger partial charge in [-0.2, -0.15) is 0 Å². The highest BCUT2D eigenvalue weighted by molar-refractivity contribution is 7.99. The average molecular weight is 230 g/mol. The molecule has 0 spiro atoms. The number of aromatic nitrogens is 2. The minimum absolute atomic E-state index is 0.0634. The normalized spacial score (nSPS) is 10.0. The van der Waals surface area contributed by atoms with Crippen LogP contribution in [0.25, 0.3) is 0 Å². The van der Waals surface area contributed by atoms with Crippen LogP contribution in [0.4, 0.5) is 0 Å². The molecule has 5 heteroatoms. The fourth-order valence-electron chi connectivity index (χ4n) is 1.18. The summed E-state index contributed by atoms with van der Waals surface area (Å²) in [6.07, 6.45) is 3.13. The van der Waals surface area contributed by atoms with E-state index in [0.717, 1.165) is 4.90 Å². The van der Waals surface area contributed by atoms with Gasteiger partial charge in [-0.25, -0.2) is 9.97 Å². The first-order valence-corrected chi connectivity index (χ1v) is 5.47. The van der Waals surface area contributed by atoms with Crippen LogP contribution in [-0.2, 0) is 0 Å². The van der Waals surface area contributed by atoms with Gasteiger partial charge in [0.25, 0.3) is 0 Å². The monoisotopic (exact) mass is 230 g/mol. The number of amidine groups is 1. The lowest BCUT2D eigenvalue weighted by Crippen LogP contribution is -2.14. The van der Waals surface area contributed by atoms with Gasteiger partial charge in [0.15, 0.2) is 0 Å². The van der Waals surface area contributed by atoms with E-state index in [1.165, 1.54) is 18.0 Å². The van der Waals surface area contributed by atoms with E-state index in [2.05, 4.69) is 9.97 Å². The van der Waals surface area contributed by atoms with Crippen molar-refractivity contribution in [1.29, 1.82) is 5.41 Å². The minimum atomic E-state index is -0.0634. The van der Waals surface area contributed by atoms with Crippen LogP contribution < -0.4 is 5.73 Å². The number of nitrogens with two attached hydrogens (primary N) is 1. The van der Waals surface area contributed by atoms with Gasteiger partial charge < -0.3 is 5.73 Å². The molecule has 0 amide bonds. The van der Waals surface area contributed by atoms with E-state index in [1.807, 2.05) is 30.3 Å². The third-order valence-corrected chi connectivity index (χ3v) is 2.88. The predicted molar refractivity (Wildman–Crippen MR) is 63.6 cm³/mol. The fourth-order valence-corrected chi connectivity index (χ4v) is 2.07. The summed E-state index contributed by atoms with van der Waals surface area (Å²) in [5.41, 5.74) is 5.86. The zero-order valence-electron chi connectivity index (χ0n) is 8.42. The lowest BCUT2D eigenvalue weighted by molar-refractivity contribution is 1.03. The van der Waals surface area contributed by atoms with E-state index < -0.39 is 0 Å². The van der Waals surface area contributed by atoms with Crippen molar-refractivity contribution in [2.75, 3.05) is 0 Å². The van der Waals surface area contributed by atoms with Gasteiger partial charge in [0.2, 0.25) is 0 Å². The average Bonchev–Trinajstić information content (AvgIpc) is 2.31. The van der Waals surface area contributed by atoms with Crippen LogP contribution in [0, 0.1) is 5.41 Å². The zero-order chi connectivity index (χ0) is 11.4. The van der Waals surface area contributed by atoms with Crippen molar-refractivity contribution in [3.8, 4) is 0 Å². The van der Waals surface area contributed by atoms with Crippen LogP contribution >= 0.6 is 11.8 Å². The van der Waals surface area contributed by atoms with Gasteiger partial charge >= 0.3 is 0 Å². The molecule has 1 aromatic carbocycles. The first-order valence-electron chi connectivity index (χ1n) is 4.65. The van der Waals surface area contributed by atoms with Gasteiger partial charge in [0, 0.05) is 17.3 Å². The van der Waals surface area contributed by atoms with E-state index in [0.29, 0.717) is 10.7 Å². The molecule has 0 bridgehead atoms. The summed E-state index contributed by atoms with van der Waals surface area (Å²) >= 11 is 1.45. The molecule has 0 fully saturated rings. The highest BCUT2D eigenvalue weighted by Gasteiger charge is 2.08. The highest BCUT2D eigenvalue weighted by atomic mass is 32.2. The molecule has 0 saturated carbocycles. The van der Waals surface area contributed by atoms with Crippen LogP contribution in [0.3, 0.4) is 0 Å². The van der Waals surface area contributed by atoms with Gasteiger partial charge in [-0.05, 0) is 12.1 Å². The van der Waals surface area contributed by atoms with Gasteiger partial charge in [-0.1, -0.05) is 30.0 Å². The predicted octanol–water partition coefficient (Wildman–Crippen LogP) is 1.91. The van der Waals surface area contributed by atoms with Crippen molar-refractivity contribution in [2.24, 2.45) is 5.73 Å². The van der Waals surface area contributed by atoms with Crippen molar-refractivity contribution >= 4 is 17.6 Å². The second-order valence-corrected chi connectivity index (χ2v) is 4.10. The van der Waals surface area contributed by atoms with Gasteiger partial charge in [-0.15, -0.1) is 0 Å². The lowest BCUT2D eigenvalue weighted by Gasteiger charge is -2.04. The Hall–Kier alpha value is -1.88. The fraction of sp³-hybridized carbons (Fsp3) is 0. The summed E-state index contributed by atoms with van der Waals surface area (Å²) in [4.78, 5) is 9.26. The second kappa shape index (κ2) is 4.76. The molecule has 0 atom stereocenters. The molecule has 2 aromatic rings. The summed E-state index contributed by atoms with van der Waals surface area (Å²) in [6, 6.07) is 9.80. The Morgan fingerprint density at radius 1 is 1.12 bits per heavy atom. The van der Waals surface area contributed by atoms with Crippen molar-refractivity contribution in [3.05, 3.63) is 48.4 Å². The van der Waals surface area contributed by atoms with Gasteiger partial charge in [0.1, 0.15) is 16.6 Å². The molecule has 80 valence electrons. The number of hydrogen-bond donors (Lipinski definition) is 2. The minimum Gasteiger partial charge on any atom is -0.382 e. The number of nitrogen functional groups attached to an aromatic ring is 1. The van der Waals surface area contributed by atoms with Crippen molar-refractivity contribution in [3.63, 3.8) is 0 Å². The topological polar surface area (TPSA) is 75.7 Å². The van der Waals surface area contributed by atoms with E-state index in [1.54, 1.807) is 6.20 Å². The molecule has 16 heavy (non-hydrogen) atoms. The number of nitrogens with one attached hydrogen (secondary N) is 1. The summed E-state index contributed by atoms with van der Waals surface area (Å²) < 4.78 is 0. The number of hydrogen-bond acceptors (Lipinski definition) is 4. The number of rotatable bonds is 3. The zero-order valence-corrected chi connectivity index (χ0v) is 9.24. The molecule has 3 N–H and O–H groups in total. The van der Waals surface area contributed by atoms with Crippen LogP contribution in [0.2, 0.25) is 0 Å². The Labute approximate surface area is 97.4 Å². The Kier molecular flexibility index (Phi) is 3.16. The van der Waals surface area contributed by atoms with Crippen LogP contribution in [-0.4, -0.2) is 15.8 Å². The molecular weight excluding hydrogens is 220 g/mol. The lowest BCUT2D eigenvalue weighted by atomic mass is 10.4. The second-order valence-electron chi connectivity index (χ2n) is 3.04. The molecule has 0 unspecified atom stereocenters. The maximum absolute atomic E-state index is 7.40. The molecule has 2 rings (SSSR count). The maximum atomic E-state index is 7.40. The number of nitrogens with zero attached hydrogens (tertiary/aromatic N) is 2. The first kappa shape index (κ1) is 10.6. The molecule has 0 radical (unpaired) electrons. The smallest absolute Gasteiger partial charge is 0.144 e.